The number of rotatable bonds is 5. The molecule has 2 heterocycles. The number of amides is 3. The standard InChI is InChI=1S/C21H20N2O6/c1-28-18-7-5-13(10-17(18)24)22-19(25)12-4-6-15-16(9-12)21(27)23(20(15)26)11-14-3-2-8-29-14/h4-7,9-10,14,24H,2-3,8,11H2,1H3,(H,22,25)/t14-/m1/s1. The maximum atomic E-state index is 12.7. The van der Waals surface area contributed by atoms with Gasteiger partial charge < -0.3 is 19.9 Å². The van der Waals surface area contributed by atoms with Gasteiger partial charge in [0.15, 0.2) is 11.5 Å². The number of hydrogen-bond donors (Lipinski definition) is 2. The number of anilines is 1. The molecule has 2 aliphatic heterocycles. The van der Waals surface area contributed by atoms with Gasteiger partial charge in [0, 0.05) is 23.9 Å². The van der Waals surface area contributed by atoms with Gasteiger partial charge in [-0.1, -0.05) is 0 Å². The van der Waals surface area contributed by atoms with Crippen LogP contribution in [0.15, 0.2) is 36.4 Å². The molecule has 0 spiro atoms. The molecule has 8 nitrogen and oxygen atoms in total. The average Bonchev–Trinajstić information content (AvgIpc) is 3.31. The summed E-state index contributed by atoms with van der Waals surface area (Å²) >= 11 is 0. The van der Waals surface area contributed by atoms with Crippen LogP contribution in [0.25, 0.3) is 0 Å². The largest absolute Gasteiger partial charge is 0.504 e. The number of nitrogens with one attached hydrogen (secondary N) is 1. The Kier molecular flexibility index (Phi) is 4.94. The monoisotopic (exact) mass is 396 g/mol. The van der Waals surface area contributed by atoms with E-state index in [9.17, 15) is 19.5 Å². The van der Waals surface area contributed by atoms with Crippen LogP contribution in [0, 0.1) is 0 Å². The highest BCUT2D eigenvalue weighted by Crippen LogP contribution is 2.29. The van der Waals surface area contributed by atoms with Crippen molar-refractivity contribution in [1.29, 1.82) is 0 Å². The SMILES string of the molecule is COc1ccc(NC(=O)c2ccc3c(c2)C(=O)N(C[C@H]2CCCO2)C3=O)cc1O. The Morgan fingerprint density at radius 3 is 2.69 bits per heavy atom. The van der Waals surface area contributed by atoms with Crippen molar-refractivity contribution in [2.75, 3.05) is 25.6 Å². The number of carbonyl (C=O) groups is 3. The van der Waals surface area contributed by atoms with E-state index in [1.807, 2.05) is 0 Å². The molecule has 0 aromatic heterocycles. The molecule has 3 amide bonds. The van der Waals surface area contributed by atoms with E-state index in [0.29, 0.717) is 12.3 Å². The Balaban J connectivity index is 1.52. The minimum atomic E-state index is -0.463. The molecule has 1 atom stereocenters. The molecule has 2 aromatic carbocycles. The maximum Gasteiger partial charge on any atom is 0.261 e. The first-order valence-electron chi connectivity index (χ1n) is 9.28. The molecule has 0 saturated carbocycles. The van der Waals surface area contributed by atoms with E-state index in [0.717, 1.165) is 12.8 Å². The van der Waals surface area contributed by atoms with Crippen molar-refractivity contribution in [1.82, 2.24) is 4.90 Å². The number of nitrogens with zero attached hydrogens (tertiary/aromatic N) is 1. The fourth-order valence-corrected chi connectivity index (χ4v) is 3.56. The Morgan fingerprint density at radius 2 is 2.00 bits per heavy atom. The predicted octanol–water partition coefficient (Wildman–Crippen LogP) is 2.43. The van der Waals surface area contributed by atoms with Crippen molar-refractivity contribution in [3.05, 3.63) is 53.1 Å². The molecule has 1 saturated heterocycles. The first-order valence-corrected chi connectivity index (χ1v) is 9.28. The predicted molar refractivity (Wildman–Crippen MR) is 103 cm³/mol. The third kappa shape index (κ3) is 3.54. The zero-order valence-corrected chi connectivity index (χ0v) is 15.8. The van der Waals surface area contributed by atoms with Crippen molar-refractivity contribution >= 4 is 23.4 Å². The number of imide groups is 1. The summed E-state index contributed by atoms with van der Waals surface area (Å²) in [7, 11) is 1.43. The highest BCUT2D eigenvalue weighted by Gasteiger charge is 2.37. The molecule has 4 rings (SSSR count). The van der Waals surface area contributed by atoms with Crippen molar-refractivity contribution in [3.63, 3.8) is 0 Å². The van der Waals surface area contributed by atoms with Gasteiger partial charge in [0.05, 0.1) is 30.9 Å². The van der Waals surface area contributed by atoms with Crippen LogP contribution in [0.3, 0.4) is 0 Å². The van der Waals surface area contributed by atoms with E-state index in [4.69, 9.17) is 9.47 Å². The van der Waals surface area contributed by atoms with Gasteiger partial charge in [-0.2, -0.15) is 0 Å². The summed E-state index contributed by atoms with van der Waals surface area (Å²) in [5.41, 5.74) is 1.10. The molecular formula is C21H20N2O6. The van der Waals surface area contributed by atoms with Crippen molar-refractivity contribution in [2.24, 2.45) is 0 Å². The number of phenolic OH excluding ortho intramolecular Hbond substituents is 1. The number of aromatic hydroxyl groups is 1. The Morgan fingerprint density at radius 1 is 1.21 bits per heavy atom. The fraction of sp³-hybridized carbons (Fsp3) is 0.286. The second kappa shape index (κ2) is 7.56. The smallest absolute Gasteiger partial charge is 0.261 e. The van der Waals surface area contributed by atoms with Gasteiger partial charge in [0.25, 0.3) is 17.7 Å². The highest BCUT2D eigenvalue weighted by molar-refractivity contribution is 6.22. The van der Waals surface area contributed by atoms with Gasteiger partial charge >= 0.3 is 0 Å². The molecule has 0 aliphatic carbocycles. The van der Waals surface area contributed by atoms with E-state index in [-0.39, 0.29) is 46.7 Å². The first kappa shape index (κ1) is 18.9. The van der Waals surface area contributed by atoms with Crippen LogP contribution in [-0.4, -0.2) is 54.1 Å². The van der Waals surface area contributed by atoms with Crippen molar-refractivity contribution in [2.45, 2.75) is 18.9 Å². The van der Waals surface area contributed by atoms with Crippen LogP contribution >= 0.6 is 0 Å². The summed E-state index contributed by atoms with van der Waals surface area (Å²) in [6.45, 7) is 0.859. The molecule has 2 aromatic rings. The number of fused-ring (bicyclic) bond motifs is 1. The maximum absolute atomic E-state index is 12.7. The van der Waals surface area contributed by atoms with Crippen LogP contribution in [0.4, 0.5) is 5.69 Å². The van der Waals surface area contributed by atoms with Gasteiger partial charge in [-0.05, 0) is 43.2 Å². The van der Waals surface area contributed by atoms with Crippen molar-refractivity contribution in [3.8, 4) is 11.5 Å². The molecule has 2 aliphatic rings. The Labute approximate surface area is 167 Å². The minimum Gasteiger partial charge on any atom is -0.504 e. The van der Waals surface area contributed by atoms with Crippen molar-refractivity contribution < 1.29 is 29.0 Å². The average molecular weight is 396 g/mol. The summed E-state index contributed by atoms with van der Waals surface area (Å²) in [5.74, 6) is -1.07. The lowest BCUT2D eigenvalue weighted by Gasteiger charge is -2.17. The lowest BCUT2D eigenvalue weighted by Crippen LogP contribution is -2.36. The molecule has 1 fully saturated rings. The summed E-state index contributed by atoms with van der Waals surface area (Å²) in [6, 6.07) is 8.89. The normalized spacial score (nSPS) is 18.1. The fourth-order valence-electron chi connectivity index (χ4n) is 3.56. The number of benzene rings is 2. The summed E-state index contributed by atoms with van der Waals surface area (Å²) < 4.78 is 10.5. The zero-order chi connectivity index (χ0) is 20.5. The minimum absolute atomic E-state index is 0.107. The summed E-state index contributed by atoms with van der Waals surface area (Å²) in [4.78, 5) is 39.0. The van der Waals surface area contributed by atoms with Crippen LogP contribution in [-0.2, 0) is 4.74 Å². The van der Waals surface area contributed by atoms with Crippen LogP contribution in [0.2, 0.25) is 0 Å². The van der Waals surface area contributed by atoms with E-state index in [1.54, 1.807) is 6.07 Å². The second-order valence-corrected chi connectivity index (χ2v) is 6.96. The third-order valence-electron chi connectivity index (χ3n) is 5.08. The first-order chi connectivity index (χ1) is 14.0. The van der Waals surface area contributed by atoms with Gasteiger partial charge in [0.2, 0.25) is 0 Å². The Hall–Kier alpha value is -3.39. The van der Waals surface area contributed by atoms with Gasteiger partial charge in [-0.3, -0.25) is 19.3 Å². The summed E-state index contributed by atoms with van der Waals surface area (Å²) in [5, 5.41) is 12.5. The molecule has 0 radical (unpaired) electrons. The van der Waals surface area contributed by atoms with Crippen LogP contribution in [0.5, 0.6) is 11.5 Å². The number of carbonyl (C=O) groups excluding carboxylic acids is 3. The van der Waals surface area contributed by atoms with E-state index in [1.165, 1.54) is 42.3 Å². The van der Waals surface area contributed by atoms with E-state index in [2.05, 4.69) is 5.32 Å². The second-order valence-electron chi connectivity index (χ2n) is 6.96. The zero-order valence-electron chi connectivity index (χ0n) is 15.8. The summed E-state index contributed by atoms with van der Waals surface area (Å²) in [6.07, 6.45) is 1.59. The molecule has 0 unspecified atom stereocenters. The molecule has 8 heteroatoms. The van der Waals surface area contributed by atoms with Gasteiger partial charge in [0.1, 0.15) is 0 Å². The van der Waals surface area contributed by atoms with E-state index < -0.39 is 11.8 Å². The van der Waals surface area contributed by atoms with E-state index >= 15 is 0 Å². The topological polar surface area (TPSA) is 105 Å². The van der Waals surface area contributed by atoms with Crippen LogP contribution < -0.4 is 10.1 Å². The van der Waals surface area contributed by atoms with Crippen LogP contribution in [0.1, 0.15) is 43.9 Å². The van der Waals surface area contributed by atoms with Gasteiger partial charge in [-0.15, -0.1) is 0 Å². The molecule has 150 valence electrons. The number of ether oxygens (including phenoxy) is 2. The Bertz CT molecular complexity index is 997. The molecular weight excluding hydrogens is 376 g/mol. The molecule has 0 bridgehead atoms. The highest BCUT2D eigenvalue weighted by atomic mass is 16.5. The lowest BCUT2D eigenvalue weighted by atomic mass is 10.1. The quantitative estimate of drug-likeness (QED) is 0.752. The number of phenols is 1. The third-order valence-corrected chi connectivity index (χ3v) is 5.08. The number of hydrogen-bond acceptors (Lipinski definition) is 6. The lowest BCUT2D eigenvalue weighted by molar-refractivity contribution is 0.0475. The number of methoxy groups -OCH3 is 1. The molecule has 2 N–H and O–H groups in total. The molecule has 29 heavy (non-hydrogen) atoms. The van der Waals surface area contributed by atoms with Gasteiger partial charge in [-0.25, -0.2) is 0 Å².